The fraction of sp³-hybridized carbons (Fsp3) is 0. The average Bonchev–Trinajstić information content (AvgIpc) is 2.30. The highest BCUT2D eigenvalue weighted by molar-refractivity contribution is 7.56. The second-order valence-corrected chi connectivity index (χ2v) is 10.7. The Morgan fingerprint density at radius 3 is 1.18 bits per heavy atom. The zero-order valence-electron chi connectivity index (χ0n) is 8.63. The van der Waals surface area contributed by atoms with Crippen LogP contribution in [0.5, 0.6) is 0 Å². The predicted molar refractivity (Wildman–Crippen MR) is 79.6 cm³/mol. The first-order valence-corrected chi connectivity index (χ1v) is 9.68. The first-order chi connectivity index (χ1) is 8.00. The van der Waals surface area contributed by atoms with Gasteiger partial charge in [0.25, 0.3) is 0 Å². The molecule has 2 aromatic carbocycles. The SMILES string of the molecule is Clc1ccc([Si](Cl)(Cl)c2ccc(Cl)cc2)cc1. The van der Waals surface area contributed by atoms with Gasteiger partial charge in [-0.3, -0.25) is 0 Å². The minimum Gasteiger partial charge on any atom is -0.134 e. The van der Waals surface area contributed by atoms with E-state index in [1.165, 1.54) is 0 Å². The van der Waals surface area contributed by atoms with Crippen molar-refractivity contribution in [3.63, 3.8) is 0 Å². The third-order valence-electron chi connectivity index (χ3n) is 2.41. The van der Waals surface area contributed by atoms with Gasteiger partial charge in [-0.2, -0.15) is 0 Å². The molecule has 0 spiro atoms. The van der Waals surface area contributed by atoms with Crippen LogP contribution in [-0.2, 0) is 0 Å². The fourth-order valence-electron chi connectivity index (χ4n) is 1.49. The van der Waals surface area contributed by atoms with E-state index in [-0.39, 0.29) is 0 Å². The van der Waals surface area contributed by atoms with Crippen molar-refractivity contribution in [1.29, 1.82) is 0 Å². The highest BCUT2D eigenvalue weighted by Crippen LogP contribution is 2.18. The van der Waals surface area contributed by atoms with E-state index in [4.69, 9.17) is 45.4 Å². The molecule has 2 aromatic rings. The minimum absolute atomic E-state index is 0.669. The van der Waals surface area contributed by atoms with Gasteiger partial charge in [-0.25, -0.2) is 0 Å². The van der Waals surface area contributed by atoms with Crippen LogP contribution in [-0.4, -0.2) is 6.69 Å². The quantitative estimate of drug-likeness (QED) is 0.578. The summed E-state index contributed by atoms with van der Waals surface area (Å²) in [5.41, 5.74) is 0. The van der Waals surface area contributed by atoms with E-state index in [9.17, 15) is 0 Å². The summed E-state index contributed by atoms with van der Waals surface area (Å²) in [5.74, 6) is 0. The van der Waals surface area contributed by atoms with Crippen LogP contribution in [0.1, 0.15) is 0 Å². The zero-order chi connectivity index (χ0) is 12.5. The Kier molecular flexibility index (Phi) is 4.06. The molecule has 0 amide bonds. The number of rotatable bonds is 2. The average molecular weight is 322 g/mol. The second kappa shape index (κ2) is 5.21. The van der Waals surface area contributed by atoms with Gasteiger partial charge in [0, 0.05) is 10.0 Å². The molecular weight excluding hydrogens is 314 g/mol. The molecule has 0 saturated heterocycles. The summed E-state index contributed by atoms with van der Waals surface area (Å²) in [4.78, 5) is 0. The van der Waals surface area contributed by atoms with Crippen molar-refractivity contribution >= 4 is 62.4 Å². The normalized spacial score (nSPS) is 11.5. The van der Waals surface area contributed by atoms with Crippen LogP contribution in [0.4, 0.5) is 0 Å². The Morgan fingerprint density at radius 2 is 0.882 bits per heavy atom. The van der Waals surface area contributed by atoms with Crippen LogP contribution < -0.4 is 10.4 Å². The molecule has 2 rings (SSSR count). The van der Waals surface area contributed by atoms with E-state index in [0.29, 0.717) is 10.0 Å². The molecule has 0 fully saturated rings. The van der Waals surface area contributed by atoms with Gasteiger partial charge in [-0.15, -0.1) is 22.2 Å². The number of hydrogen-bond acceptors (Lipinski definition) is 0. The summed E-state index contributed by atoms with van der Waals surface area (Å²) in [6.07, 6.45) is 0. The summed E-state index contributed by atoms with van der Waals surface area (Å²) in [6.45, 7) is -2.67. The van der Waals surface area contributed by atoms with E-state index < -0.39 is 6.69 Å². The van der Waals surface area contributed by atoms with Gasteiger partial charge in [0.15, 0.2) is 0 Å². The van der Waals surface area contributed by atoms with Crippen LogP contribution in [0.2, 0.25) is 10.0 Å². The maximum atomic E-state index is 6.51. The van der Waals surface area contributed by atoms with Crippen molar-refractivity contribution in [2.75, 3.05) is 0 Å². The van der Waals surface area contributed by atoms with Crippen molar-refractivity contribution in [3.8, 4) is 0 Å². The molecule has 0 radical (unpaired) electrons. The molecule has 5 heteroatoms. The highest BCUT2D eigenvalue weighted by atomic mass is 35.7. The number of halogens is 4. The smallest absolute Gasteiger partial charge is 0.134 e. The van der Waals surface area contributed by atoms with Gasteiger partial charge in [-0.1, -0.05) is 47.5 Å². The summed E-state index contributed by atoms with van der Waals surface area (Å²) >= 11 is 24.7. The second-order valence-electron chi connectivity index (χ2n) is 3.59. The Labute approximate surface area is 120 Å². The molecule has 0 aliphatic rings. The fourth-order valence-corrected chi connectivity index (χ4v) is 4.75. The van der Waals surface area contributed by atoms with Gasteiger partial charge in [-0.05, 0) is 34.6 Å². The van der Waals surface area contributed by atoms with Crippen molar-refractivity contribution in [2.24, 2.45) is 0 Å². The lowest BCUT2D eigenvalue weighted by Gasteiger charge is -2.17. The Balaban J connectivity index is 2.41. The first kappa shape index (κ1) is 13.3. The maximum Gasteiger partial charge on any atom is 0.310 e. The largest absolute Gasteiger partial charge is 0.310 e. The van der Waals surface area contributed by atoms with E-state index >= 15 is 0 Å². The van der Waals surface area contributed by atoms with E-state index in [2.05, 4.69) is 0 Å². The molecule has 0 atom stereocenters. The minimum atomic E-state index is -2.67. The third-order valence-corrected chi connectivity index (χ3v) is 7.65. The molecular formula is C12H8Cl4Si. The molecule has 17 heavy (non-hydrogen) atoms. The molecule has 0 heterocycles. The number of hydrogen-bond donors (Lipinski definition) is 0. The van der Waals surface area contributed by atoms with Crippen molar-refractivity contribution in [2.45, 2.75) is 0 Å². The van der Waals surface area contributed by atoms with Gasteiger partial charge < -0.3 is 0 Å². The van der Waals surface area contributed by atoms with Crippen LogP contribution in [0.3, 0.4) is 0 Å². The summed E-state index contributed by atoms with van der Waals surface area (Å²) in [7, 11) is 0. The first-order valence-electron chi connectivity index (χ1n) is 4.90. The van der Waals surface area contributed by atoms with Crippen molar-refractivity contribution in [3.05, 3.63) is 58.6 Å². The lowest BCUT2D eigenvalue weighted by atomic mass is 10.4. The van der Waals surface area contributed by atoms with Gasteiger partial charge in [0.05, 0.1) is 0 Å². The van der Waals surface area contributed by atoms with E-state index in [0.717, 1.165) is 10.4 Å². The molecule has 0 aliphatic carbocycles. The molecule has 0 aliphatic heterocycles. The Bertz CT molecular complexity index is 458. The maximum absolute atomic E-state index is 6.51. The van der Waals surface area contributed by atoms with Gasteiger partial charge in [0.1, 0.15) is 0 Å². The molecule has 0 bridgehead atoms. The molecule has 0 aromatic heterocycles. The topological polar surface area (TPSA) is 0 Å². The van der Waals surface area contributed by atoms with Gasteiger partial charge >= 0.3 is 6.69 Å². The zero-order valence-corrected chi connectivity index (χ0v) is 12.7. The van der Waals surface area contributed by atoms with E-state index in [1.54, 1.807) is 24.3 Å². The molecule has 88 valence electrons. The lowest BCUT2D eigenvalue weighted by molar-refractivity contribution is 1.73. The van der Waals surface area contributed by atoms with Crippen LogP contribution in [0.15, 0.2) is 48.5 Å². The highest BCUT2D eigenvalue weighted by Gasteiger charge is 2.33. The summed E-state index contributed by atoms with van der Waals surface area (Å²) in [6, 6.07) is 14.6. The molecule has 0 N–H and O–H groups in total. The molecule has 0 nitrogen and oxygen atoms in total. The van der Waals surface area contributed by atoms with Crippen molar-refractivity contribution in [1.82, 2.24) is 0 Å². The predicted octanol–water partition coefficient (Wildman–Crippen LogP) is 4.03. The van der Waals surface area contributed by atoms with Crippen LogP contribution in [0.25, 0.3) is 0 Å². The van der Waals surface area contributed by atoms with Crippen molar-refractivity contribution < 1.29 is 0 Å². The summed E-state index contributed by atoms with van der Waals surface area (Å²) < 4.78 is 0. The molecule has 0 saturated carbocycles. The number of benzene rings is 2. The summed E-state index contributed by atoms with van der Waals surface area (Å²) in [5, 5.41) is 3.16. The standard InChI is InChI=1S/C12H8Cl4Si/c13-9-1-5-11(6-2-9)17(15,16)12-7-3-10(14)4-8-12/h1-8H. The van der Waals surface area contributed by atoms with E-state index in [1.807, 2.05) is 24.3 Å². The lowest BCUT2D eigenvalue weighted by Crippen LogP contribution is -2.48. The Morgan fingerprint density at radius 1 is 0.588 bits per heavy atom. The van der Waals surface area contributed by atoms with Gasteiger partial charge in [0.2, 0.25) is 0 Å². The van der Waals surface area contributed by atoms with Crippen LogP contribution >= 0.6 is 45.4 Å². The molecule has 0 unspecified atom stereocenters. The van der Waals surface area contributed by atoms with Crippen LogP contribution in [0, 0.1) is 0 Å². The Hall–Kier alpha value is -0.183. The third kappa shape index (κ3) is 2.98. The monoisotopic (exact) mass is 320 g/mol.